The molecule has 2 heterocycles. The molecule has 0 aliphatic carbocycles. The van der Waals surface area contributed by atoms with E-state index in [0.29, 0.717) is 23.3 Å². The molecule has 6 heteroatoms. The summed E-state index contributed by atoms with van der Waals surface area (Å²) in [5, 5.41) is 6.90. The van der Waals surface area contributed by atoms with Crippen LogP contribution in [0.3, 0.4) is 0 Å². The smallest absolute Gasteiger partial charge is 0.224 e. The van der Waals surface area contributed by atoms with E-state index in [9.17, 15) is 0 Å². The van der Waals surface area contributed by atoms with Crippen LogP contribution in [0.4, 0.5) is 17.5 Å². The average molecular weight is 326 g/mol. The minimum absolute atomic E-state index is 0.475. The second-order valence-electron chi connectivity index (χ2n) is 5.04. The zero-order chi connectivity index (χ0) is 16.1. The molecule has 5 nitrogen and oxygen atoms in total. The van der Waals surface area contributed by atoms with Crippen molar-refractivity contribution in [2.24, 2.45) is 0 Å². The van der Waals surface area contributed by atoms with E-state index >= 15 is 0 Å². The Hall–Kier alpha value is -2.66. The van der Waals surface area contributed by atoms with Crippen molar-refractivity contribution < 1.29 is 0 Å². The van der Waals surface area contributed by atoms with Crippen LogP contribution in [-0.2, 0) is 6.54 Å². The minimum atomic E-state index is 0.475. The van der Waals surface area contributed by atoms with Crippen LogP contribution in [0.5, 0.6) is 0 Å². The Morgan fingerprint density at radius 1 is 1.09 bits per heavy atom. The van der Waals surface area contributed by atoms with Gasteiger partial charge in [0, 0.05) is 24.6 Å². The molecule has 0 unspecified atom stereocenters. The largest absolute Gasteiger partial charge is 0.350 e. The van der Waals surface area contributed by atoms with Crippen molar-refractivity contribution in [1.29, 1.82) is 0 Å². The van der Waals surface area contributed by atoms with E-state index in [1.807, 2.05) is 43.3 Å². The van der Waals surface area contributed by atoms with Crippen molar-refractivity contribution in [2.45, 2.75) is 13.5 Å². The maximum Gasteiger partial charge on any atom is 0.224 e. The van der Waals surface area contributed by atoms with Crippen molar-refractivity contribution in [1.82, 2.24) is 15.0 Å². The van der Waals surface area contributed by atoms with Crippen LogP contribution in [-0.4, -0.2) is 15.0 Å². The number of aromatic nitrogens is 3. The van der Waals surface area contributed by atoms with E-state index in [1.54, 1.807) is 18.6 Å². The maximum absolute atomic E-state index is 6.19. The van der Waals surface area contributed by atoms with Gasteiger partial charge >= 0.3 is 0 Å². The van der Waals surface area contributed by atoms with Gasteiger partial charge in [0.25, 0.3) is 0 Å². The first-order chi connectivity index (χ1) is 11.2. The summed E-state index contributed by atoms with van der Waals surface area (Å²) in [7, 11) is 0. The zero-order valence-corrected chi connectivity index (χ0v) is 13.4. The number of pyridine rings is 1. The number of nitrogens with zero attached hydrogens (tertiary/aromatic N) is 3. The predicted molar refractivity (Wildman–Crippen MR) is 93.1 cm³/mol. The third-order valence-electron chi connectivity index (χ3n) is 3.34. The van der Waals surface area contributed by atoms with Gasteiger partial charge in [-0.15, -0.1) is 0 Å². The Labute approximate surface area is 139 Å². The van der Waals surface area contributed by atoms with Crippen LogP contribution >= 0.6 is 11.6 Å². The summed E-state index contributed by atoms with van der Waals surface area (Å²) >= 11 is 6.19. The average Bonchev–Trinajstić information content (AvgIpc) is 2.58. The van der Waals surface area contributed by atoms with Gasteiger partial charge in [0.2, 0.25) is 5.95 Å². The van der Waals surface area contributed by atoms with E-state index in [2.05, 4.69) is 25.6 Å². The Kier molecular flexibility index (Phi) is 4.68. The second-order valence-corrected chi connectivity index (χ2v) is 5.45. The van der Waals surface area contributed by atoms with E-state index in [0.717, 1.165) is 16.8 Å². The summed E-state index contributed by atoms with van der Waals surface area (Å²) < 4.78 is 0. The van der Waals surface area contributed by atoms with Crippen LogP contribution in [0.15, 0.2) is 55.0 Å². The van der Waals surface area contributed by atoms with Gasteiger partial charge in [-0.2, -0.15) is 4.98 Å². The van der Waals surface area contributed by atoms with Crippen LogP contribution < -0.4 is 10.6 Å². The maximum atomic E-state index is 6.19. The molecule has 1 aromatic carbocycles. The number of nitrogens with one attached hydrogen (secondary N) is 2. The number of benzene rings is 1. The lowest BCUT2D eigenvalue weighted by molar-refractivity contribution is 1.05. The van der Waals surface area contributed by atoms with Gasteiger partial charge in [-0.1, -0.05) is 29.8 Å². The standard InChI is InChI=1S/C17H16ClN5/c1-12-4-2-3-5-15(12)22-16-14(18)11-21-17(23-16)20-10-13-6-8-19-9-7-13/h2-9,11H,10H2,1H3,(H2,20,21,22,23). The quantitative estimate of drug-likeness (QED) is 0.736. The minimum Gasteiger partial charge on any atom is -0.350 e. The Bertz CT molecular complexity index is 792. The topological polar surface area (TPSA) is 62.7 Å². The monoisotopic (exact) mass is 325 g/mol. The number of anilines is 3. The summed E-state index contributed by atoms with van der Waals surface area (Å²) in [5.74, 6) is 1.09. The highest BCUT2D eigenvalue weighted by Gasteiger charge is 2.07. The fraction of sp³-hybridized carbons (Fsp3) is 0.118. The molecule has 116 valence electrons. The lowest BCUT2D eigenvalue weighted by Gasteiger charge is -2.11. The fourth-order valence-electron chi connectivity index (χ4n) is 2.06. The lowest BCUT2D eigenvalue weighted by Crippen LogP contribution is -2.06. The molecule has 0 amide bonds. The van der Waals surface area contributed by atoms with E-state index in [4.69, 9.17) is 11.6 Å². The molecule has 0 fully saturated rings. The zero-order valence-electron chi connectivity index (χ0n) is 12.6. The summed E-state index contributed by atoms with van der Waals surface area (Å²) in [6, 6.07) is 11.8. The van der Waals surface area contributed by atoms with Crippen molar-refractivity contribution in [3.63, 3.8) is 0 Å². The fourth-order valence-corrected chi connectivity index (χ4v) is 2.20. The number of para-hydroxylation sites is 1. The van der Waals surface area contributed by atoms with Crippen molar-refractivity contribution in [3.05, 3.63) is 71.1 Å². The number of aryl methyl sites for hydroxylation is 1. The Morgan fingerprint density at radius 2 is 1.87 bits per heavy atom. The van der Waals surface area contributed by atoms with Crippen LogP contribution in [0.2, 0.25) is 5.02 Å². The highest BCUT2D eigenvalue weighted by molar-refractivity contribution is 6.32. The number of halogens is 1. The van der Waals surface area contributed by atoms with Crippen LogP contribution in [0, 0.1) is 6.92 Å². The van der Waals surface area contributed by atoms with Gasteiger partial charge in [0.15, 0.2) is 5.82 Å². The molecule has 0 bridgehead atoms. The molecule has 2 aromatic heterocycles. The first-order valence-corrected chi connectivity index (χ1v) is 7.58. The van der Waals surface area contributed by atoms with E-state index in [1.165, 1.54) is 0 Å². The molecule has 2 N–H and O–H groups in total. The number of rotatable bonds is 5. The highest BCUT2D eigenvalue weighted by Crippen LogP contribution is 2.25. The van der Waals surface area contributed by atoms with Crippen LogP contribution in [0.25, 0.3) is 0 Å². The molecule has 0 radical (unpaired) electrons. The lowest BCUT2D eigenvalue weighted by atomic mass is 10.2. The Morgan fingerprint density at radius 3 is 2.65 bits per heavy atom. The second kappa shape index (κ2) is 7.07. The van der Waals surface area contributed by atoms with Crippen molar-refractivity contribution >= 4 is 29.1 Å². The van der Waals surface area contributed by atoms with Gasteiger partial charge in [0.1, 0.15) is 5.02 Å². The first-order valence-electron chi connectivity index (χ1n) is 7.20. The van der Waals surface area contributed by atoms with Gasteiger partial charge in [-0.3, -0.25) is 4.98 Å². The van der Waals surface area contributed by atoms with E-state index in [-0.39, 0.29) is 0 Å². The summed E-state index contributed by atoms with van der Waals surface area (Å²) in [6.45, 7) is 2.65. The van der Waals surface area contributed by atoms with Gasteiger partial charge < -0.3 is 10.6 Å². The Balaban J connectivity index is 1.75. The first kappa shape index (κ1) is 15.2. The molecule has 0 atom stereocenters. The molecular formula is C17H16ClN5. The number of hydrogen-bond donors (Lipinski definition) is 2. The molecule has 0 saturated carbocycles. The highest BCUT2D eigenvalue weighted by atomic mass is 35.5. The molecule has 0 spiro atoms. The predicted octanol–water partition coefficient (Wildman–Crippen LogP) is 4.19. The molecule has 3 rings (SSSR count). The third kappa shape index (κ3) is 3.96. The molecule has 0 saturated heterocycles. The summed E-state index contributed by atoms with van der Waals surface area (Å²) in [6.07, 6.45) is 5.10. The SMILES string of the molecule is Cc1ccccc1Nc1nc(NCc2ccncc2)ncc1Cl. The summed E-state index contributed by atoms with van der Waals surface area (Å²) in [4.78, 5) is 12.6. The normalized spacial score (nSPS) is 10.3. The van der Waals surface area contributed by atoms with Crippen molar-refractivity contribution in [3.8, 4) is 0 Å². The number of hydrogen-bond acceptors (Lipinski definition) is 5. The molecular weight excluding hydrogens is 310 g/mol. The molecule has 23 heavy (non-hydrogen) atoms. The summed E-state index contributed by atoms with van der Waals surface area (Å²) in [5.41, 5.74) is 3.19. The van der Waals surface area contributed by atoms with Crippen molar-refractivity contribution in [2.75, 3.05) is 10.6 Å². The molecule has 0 aliphatic heterocycles. The van der Waals surface area contributed by atoms with Gasteiger partial charge in [-0.05, 0) is 36.2 Å². The van der Waals surface area contributed by atoms with Gasteiger partial charge in [-0.25, -0.2) is 4.98 Å². The third-order valence-corrected chi connectivity index (χ3v) is 3.62. The molecule has 0 aliphatic rings. The van der Waals surface area contributed by atoms with Gasteiger partial charge in [0.05, 0.1) is 6.20 Å². The van der Waals surface area contributed by atoms with Crippen LogP contribution in [0.1, 0.15) is 11.1 Å². The molecule has 3 aromatic rings. The van der Waals surface area contributed by atoms with E-state index < -0.39 is 0 Å².